The molecule has 3 heterocycles. The number of nitrogens with zero attached hydrogens (tertiary/aromatic N) is 6. The number of piperidine rings is 1. The smallest absolute Gasteiger partial charge is 0.146 e. The average molecular weight is 364 g/mol. The summed E-state index contributed by atoms with van der Waals surface area (Å²) in [6, 6.07) is 10.2. The Labute approximate surface area is 161 Å². The summed E-state index contributed by atoms with van der Waals surface area (Å²) in [4.78, 5) is 4.93. The van der Waals surface area contributed by atoms with Crippen LogP contribution in [0.25, 0.3) is 0 Å². The van der Waals surface area contributed by atoms with Crippen molar-refractivity contribution < 1.29 is 0 Å². The number of hydrogen-bond donors (Lipinski definition) is 0. The molecule has 142 valence electrons. The van der Waals surface area contributed by atoms with E-state index in [4.69, 9.17) is 0 Å². The van der Waals surface area contributed by atoms with Crippen LogP contribution in [-0.4, -0.2) is 50.7 Å². The van der Waals surface area contributed by atoms with E-state index in [1.54, 1.807) is 0 Å². The molecule has 1 aromatic heterocycles. The summed E-state index contributed by atoms with van der Waals surface area (Å²) >= 11 is 0. The first-order valence-electron chi connectivity index (χ1n) is 10.1. The van der Waals surface area contributed by atoms with Gasteiger partial charge in [0, 0.05) is 19.5 Å². The van der Waals surface area contributed by atoms with Crippen LogP contribution in [0.4, 0.5) is 0 Å². The van der Waals surface area contributed by atoms with Crippen LogP contribution >= 0.6 is 0 Å². The summed E-state index contributed by atoms with van der Waals surface area (Å²) in [5, 5.41) is 18.3. The van der Waals surface area contributed by atoms with Crippen LogP contribution in [-0.2, 0) is 20.1 Å². The summed E-state index contributed by atoms with van der Waals surface area (Å²) in [6.07, 6.45) is 4.81. The molecule has 0 radical (unpaired) electrons. The van der Waals surface area contributed by atoms with Gasteiger partial charge in [-0.05, 0) is 63.5 Å². The molecule has 0 atom stereocenters. The lowest BCUT2D eigenvalue weighted by atomic mass is 9.95. The van der Waals surface area contributed by atoms with E-state index in [1.807, 2.05) is 18.2 Å². The molecule has 0 aliphatic carbocycles. The molecule has 2 aliphatic heterocycles. The van der Waals surface area contributed by atoms with Gasteiger partial charge in [0.2, 0.25) is 0 Å². The van der Waals surface area contributed by atoms with Crippen LogP contribution in [0.1, 0.15) is 54.4 Å². The Kier molecular flexibility index (Phi) is 5.51. The van der Waals surface area contributed by atoms with Gasteiger partial charge in [0.05, 0.1) is 18.2 Å². The van der Waals surface area contributed by atoms with Gasteiger partial charge in [-0.15, -0.1) is 10.2 Å². The zero-order valence-electron chi connectivity index (χ0n) is 16.1. The summed E-state index contributed by atoms with van der Waals surface area (Å²) in [5.74, 6) is 2.72. The van der Waals surface area contributed by atoms with Gasteiger partial charge in [0.25, 0.3) is 0 Å². The van der Waals surface area contributed by atoms with Crippen molar-refractivity contribution in [3.63, 3.8) is 0 Å². The number of aromatic nitrogens is 3. The lowest BCUT2D eigenvalue weighted by molar-refractivity contribution is 0.200. The largest absolute Gasteiger partial charge is 0.317 e. The molecule has 0 spiro atoms. The molecule has 4 rings (SSSR count). The first-order chi connectivity index (χ1) is 13.2. The molecule has 6 heteroatoms. The van der Waals surface area contributed by atoms with Crippen LogP contribution < -0.4 is 0 Å². The lowest BCUT2D eigenvalue weighted by Gasteiger charge is -2.31. The maximum Gasteiger partial charge on any atom is 0.146 e. The highest BCUT2D eigenvalue weighted by molar-refractivity contribution is 5.37. The van der Waals surface area contributed by atoms with Gasteiger partial charge in [0.15, 0.2) is 0 Å². The Morgan fingerprint density at radius 2 is 1.70 bits per heavy atom. The van der Waals surface area contributed by atoms with E-state index in [1.165, 1.54) is 25.9 Å². The highest BCUT2D eigenvalue weighted by Gasteiger charge is 2.26. The molecule has 2 fully saturated rings. The highest BCUT2D eigenvalue weighted by atomic mass is 15.3. The third-order valence-corrected chi connectivity index (χ3v) is 6.05. The summed E-state index contributed by atoms with van der Waals surface area (Å²) < 4.78 is 2.23. The molecule has 27 heavy (non-hydrogen) atoms. The topological polar surface area (TPSA) is 61.0 Å². The van der Waals surface area contributed by atoms with Crippen LogP contribution in [0, 0.1) is 11.3 Å². The summed E-state index contributed by atoms with van der Waals surface area (Å²) in [6.45, 7) is 6.23. The zero-order chi connectivity index (χ0) is 18.6. The predicted octanol–water partition coefficient (Wildman–Crippen LogP) is 2.66. The number of likely N-dealkylation sites (tertiary alicyclic amines) is 2. The molecule has 6 nitrogen and oxygen atoms in total. The number of nitriles is 1. The zero-order valence-corrected chi connectivity index (χ0v) is 16.1. The first-order valence-corrected chi connectivity index (χ1v) is 10.1. The fourth-order valence-electron chi connectivity index (χ4n) is 4.37. The minimum atomic E-state index is 0.484. The molecule has 2 saturated heterocycles. The summed E-state index contributed by atoms with van der Waals surface area (Å²) in [5.41, 5.74) is 1.92. The second-order valence-corrected chi connectivity index (χ2v) is 7.84. The Morgan fingerprint density at radius 3 is 2.44 bits per heavy atom. The van der Waals surface area contributed by atoms with E-state index in [9.17, 15) is 5.26 Å². The van der Waals surface area contributed by atoms with Crippen LogP contribution in [0.5, 0.6) is 0 Å². The molecular formula is C21H28N6. The van der Waals surface area contributed by atoms with Crippen LogP contribution in [0.2, 0.25) is 0 Å². The molecule has 1 aromatic carbocycles. The number of rotatable bonds is 5. The van der Waals surface area contributed by atoms with Gasteiger partial charge >= 0.3 is 0 Å². The van der Waals surface area contributed by atoms with Gasteiger partial charge in [-0.1, -0.05) is 18.2 Å². The summed E-state index contributed by atoms with van der Waals surface area (Å²) in [7, 11) is 2.12. The lowest BCUT2D eigenvalue weighted by Crippen LogP contribution is -2.33. The van der Waals surface area contributed by atoms with E-state index >= 15 is 0 Å². The van der Waals surface area contributed by atoms with Crippen molar-refractivity contribution in [2.24, 2.45) is 7.05 Å². The maximum atomic E-state index is 9.28. The van der Waals surface area contributed by atoms with Gasteiger partial charge in [0.1, 0.15) is 11.6 Å². The third-order valence-electron chi connectivity index (χ3n) is 6.05. The van der Waals surface area contributed by atoms with Gasteiger partial charge in [-0.25, -0.2) is 0 Å². The molecule has 0 unspecified atom stereocenters. The molecular weight excluding hydrogens is 336 g/mol. The normalized spacial score (nSPS) is 19.4. The van der Waals surface area contributed by atoms with Crippen LogP contribution in [0.3, 0.4) is 0 Å². The minimum Gasteiger partial charge on any atom is -0.317 e. The second kappa shape index (κ2) is 8.20. The van der Waals surface area contributed by atoms with Gasteiger partial charge in [-0.2, -0.15) is 5.26 Å². The van der Waals surface area contributed by atoms with Crippen molar-refractivity contribution in [1.29, 1.82) is 5.26 Å². The van der Waals surface area contributed by atoms with Crippen molar-refractivity contribution in [2.45, 2.75) is 44.7 Å². The molecule has 0 N–H and O–H groups in total. The average Bonchev–Trinajstić information content (AvgIpc) is 3.34. The van der Waals surface area contributed by atoms with Crippen molar-refractivity contribution in [3.05, 3.63) is 47.0 Å². The van der Waals surface area contributed by atoms with Crippen molar-refractivity contribution in [3.8, 4) is 6.07 Å². The fraction of sp³-hybridized carbons (Fsp3) is 0.571. The Balaban J connectivity index is 1.35. The van der Waals surface area contributed by atoms with E-state index < -0.39 is 0 Å². The Bertz CT molecular complexity index is 806. The molecule has 0 bridgehead atoms. The van der Waals surface area contributed by atoms with Crippen molar-refractivity contribution in [1.82, 2.24) is 24.6 Å². The van der Waals surface area contributed by atoms with Gasteiger partial charge < -0.3 is 4.57 Å². The van der Waals surface area contributed by atoms with Gasteiger partial charge in [-0.3, -0.25) is 9.80 Å². The molecule has 0 saturated carbocycles. The molecule has 2 aromatic rings. The SMILES string of the molecule is Cn1c(CN2CCCC2)nnc1C1CCN(Cc2ccccc2C#N)CC1. The minimum absolute atomic E-state index is 0.484. The number of hydrogen-bond acceptors (Lipinski definition) is 5. The predicted molar refractivity (Wildman–Crippen MR) is 104 cm³/mol. The van der Waals surface area contributed by atoms with E-state index in [0.29, 0.717) is 5.92 Å². The third kappa shape index (κ3) is 4.05. The molecule has 0 amide bonds. The Hall–Kier alpha value is -2.23. The van der Waals surface area contributed by atoms with Crippen molar-refractivity contribution >= 4 is 0 Å². The highest BCUT2D eigenvalue weighted by Crippen LogP contribution is 2.28. The first kappa shape index (κ1) is 18.1. The van der Waals surface area contributed by atoms with E-state index in [-0.39, 0.29) is 0 Å². The standard InChI is InChI=1S/C21H28N6/c1-25-20(16-26-10-4-5-11-26)23-24-21(25)17-8-12-27(13-9-17)15-19-7-3-2-6-18(19)14-22/h2-3,6-7,17H,4-5,8-13,15-16H2,1H3. The number of benzene rings is 1. The quantitative estimate of drug-likeness (QED) is 0.816. The molecule has 2 aliphatic rings. The van der Waals surface area contributed by atoms with Crippen molar-refractivity contribution in [2.75, 3.05) is 26.2 Å². The van der Waals surface area contributed by atoms with E-state index in [0.717, 1.165) is 61.8 Å². The van der Waals surface area contributed by atoms with Crippen LogP contribution in [0.15, 0.2) is 24.3 Å². The monoisotopic (exact) mass is 364 g/mol. The van der Waals surface area contributed by atoms with E-state index in [2.05, 4.69) is 43.7 Å². The fourth-order valence-corrected chi connectivity index (χ4v) is 4.37. The maximum absolute atomic E-state index is 9.28. The Morgan fingerprint density at radius 1 is 1.00 bits per heavy atom. The second-order valence-electron chi connectivity index (χ2n) is 7.84.